The maximum Gasteiger partial charge on any atom is -0.00438 e. The average Bonchev–Trinajstić information content (AvgIpc) is 1.79. The Morgan fingerprint density at radius 1 is 1.18 bits per heavy atom. The molecule has 0 fully saturated rings. The molecular formula is C10H23N. The van der Waals surface area contributed by atoms with Crippen molar-refractivity contribution in [3.63, 3.8) is 0 Å². The van der Waals surface area contributed by atoms with E-state index in [0.29, 0.717) is 11.3 Å². The van der Waals surface area contributed by atoms with Crippen LogP contribution in [0, 0.1) is 17.3 Å². The van der Waals surface area contributed by atoms with Crippen molar-refractivity contribution in [1.82, 2.24) is 0 Å². The minimum absolute atomic E-state index is 0.374. The summed E-state index contributed by atoms with van der Waals surface area (Å²) in [5.74, 6) is 1.44. The summed E-state index contributed by atoms with van der Waals surface area (Å²) >= 11 is 0. The average molecular weight is 157 g/mol. The van der Waals surface area contributed by atoms with Gasteiger partial charge >= 0.3 is 0 Å². The number of rotatable bonds is 3. The van der Waals surface area contributed by atoms with Gasteiger partial charge in [0.2, 0.25) is 0 Å². The van der Waals surface area contributed by atoms with Crippen LogP contribution in [0.1, 0.15) is 41.0 Å². The minimum atomic E-state index is 0.374. The van der Waals surface area contributed by atoms with Gasteiger partial charge in [-0.1, -0.05) is 34.6 Å². The zero-order valence-corrected chi connectivity index (χ0v) is 8.65. The zero-order chi connectivity index (χ0) is 9.07. The van der Waals surface area contributed by atoms with Gasteiger partial charge in [0.25, 0.3) is 0 Å². The number of hydrogen-bond donors (Lipinski definition) is 1. The van der Waals surface area contributed by atoms with Crippen molar-refractivity contribution in [3.05, 3.63) is 0 Å². The molecule has 0 heterocycles. The van der Waals surface area contributed by atoms with E-state index < -0.39 is 0 Å². The molecule has 0 amide bonds. The normalized spacial score (nSPS) is 15.5. The third-order valence-electron chi connectivity index (χ3n) is 2.27. The van der Waals surface area contributed by atoms with E-state index in [0.717, 1.165) is 12.5 Å². The highest BCUT2D eigenvalue weighted by Gasteiger charge is 2.23. The molecule has 0 aromatic rings. The maximum absolute atomic E-state index is 5.71. The molecule has 68 valence electrons. The van der Waals surface area contributed by atoms with E-state index in [9.17, 15) is 0 Å². The Bertz CT molecular complexity index is 99.9. The Morgan fingerprint density at radius 2 is 1.64 bits per heavy atom. The minimum Gasteiger partial charge on any atom is -0.330 e. The fourth-order valence-corrected chi connectivity index (χ4v) is 1.37. The quantitative estimate of drug-likeness (QED) is 0.669. The SMILES string of the molecule is CC(C)CC(CN)C(C)(C)C. The van der Waals surface area contributed by atoms with Gasteiger partial charge in [0, 0.05) is 0 Å². The van der Waals surface area contributed by atoms with Crippen molar-refractivity contribution >= 4 is 0 Å². The van der Waals surface area contributed by atoms with Crippen LogP contribution in [-0.4, -0.2) is 6.54 Å². The molecule has 0 aliphatic rings. The molecule has 0 radical (unpaired) electrons. The van der Waals surface area contributed by atoms with Gasteiger partial charge in [-0.3, -0.25) is 0 Å². The van der Waals surface area contributed by atoms with Crippen molar-refractivity contribution < 1.29 is 0 Å². The van der Waals surface area contributed by atoms with Crippen LogP contribution in [0.3, 0.4) is 0 Å². The molecule has 11 heavy (non-hydrogen) atoms. The summed E-state index contributed by atoms with van der Waals surface area (Å²) in [6.07, 6.45) is 1.25. The van der Waals surface area contributed by atoms with Gasteiger partial charge in [-0.05, 0) is 30.2 Å². The van der Waals surface area contributed by atoms with Crippen LogP contribution in [0.25, 0.3) is 0 Å². The predicted molar refractivity (Wildman–Crippen MR) is 51.5 cm³/mol. The molecular weight excluding hydrogens is 134 g/mol. The molecule has 0 saturated carbocycles. The topological polar surface area (TPSA) is 26.0 Å². The number of hydrogen-bond acceptors (Lipinski definition) is 1. The van der Waals surface area contributed by atoms with E-state index in [1.54, 1.807) is 0 Å². The summed E-state index contributed by atoms with van der Waals surface area (Å²) in [4.78, 5) is 0. The highest BCUT2D eigenvalue weighted by Crippen LogP contribution is 2.29. The monoisotopic (exact) mass is 157 g/mol. The predicted octanol–water partition coefficient (Wildman–Crippen LogP) is 2.65. The van der Waals surface area contributed by atoms with Gasteiger partial charge in [0.05, 0.1) is 0 Å². The van der Waals surface area contributed by atoms with Crippen LogP contribution in [-0.2, 0) is 0 Å². The summed E-state index contributed by atoms with van der Waals surface area (Å²) in [6, 6.07) is 0. The van der Waals surface area contributed by atoms with E-state index >= 15 is 0 Å². The molecule has 0 aliphatic carbocycles. The second kappa shape index (κ2) is 4.10. The first kappa shape index (κ1) is 11.0. The van der Waals surface area contributed by atoms with Crippen molar-refractivity contribution in [2.75, 3.05) is 6.54 Å². The molecule has 1 heteroatoms. The van der Waals surface area contributed by atoms with Crippen molar-refractivity contribution in [2.45, 2.75) is 41.0 Å². The lowest BCUT2D eigenvalue weighted by Gasteiger charge is -2.30. The molecule has 1 unspecified atom stereocenters. The van der Waals surface area contributed by atoms with Crippen molar-refractivity contribution in [3.8, 4) is 0 Å². The molecule has 0 aromatic carbocycles. The summed E-state index contributed by atoms with van der Waals surface area (Å²) in [6.45, 7) is 12.1. The Morgan fingerprint density at radius 3 is 1.73 bits per heavy atom. The largest absolute Gasteiger partial charge is 0.330 e. The first-order chi connectivity index (χ1) is 4.88. The van der Waals surface area contributed by atoms with E-state index in [-0.39, 0.29) is 0 Å². The lowest BCUT2D eigenvalue weighted by Crippen LogP contribution is -2.29. The smallest absolute Gasteiger partial charge is 0.00438 e. The standard InChI is InChI=1S/C10H23N/c1-8(2)6-9(7-11)10(3,4)5/h8-9H,6-7,11H2,1-5H3. The maximum atomic E-state index is 5.71. The van der Waals surface area contributed by atoms with Crippen LogP contribution in [0.5, 0.6) is 0 Å². The molecule has 0 bridgehead atoms. The molecule has 1 atom stereocenters. The first-order valence-electron chi connectivity index (χ1n) is 4.58. The van der Waals surface area contributed by atoms with E-state index in [1.807, 2.05) is 0 Å². The second-order valence-corrected chi connectivity index (χ2v) is 4.93. The molecule has 0 rings (SSSR count). The van der Waals surface area contributed by atoms with Crippen molar-refractivity contribution in [1.29, 1.82) is 0 Å². The summed E-state index contributed by atoms with van der Waals surface area (Å²) in [5, 5.41) is 0. The van der Waals surface area contributed by atoms with Crippen LogP contribution >= 0.6 is 0 Å². The highest BCUT2D eigenvalue weighted by molar-refractivity contribution is 4.75. The summed E-state index contributed by atoms with van der Waals surface area (Å²) < 4.78 is 0. The fraction of sp³-hybridized carbons (Fsp3) is 1.00. The molecule has 0 aromatic heterocycles. The third-order valence-corrected chi connectivity index (χ3v) is 2.27. The lowest BCUT2D eigenvalue weighted by molar-refractivity contribution is 0.211. The van der Waals surface area contributed by atoms with Crippen molar-refractivity contribution in [2.24, 2.45) is 23.0 Å². The summed E-state index contributed by atoms with van der Waals surface area (Å²) in [5.41, 5.74) is 6.08. The molecule has 2 N–H and O–H groups in total. The van der Waals surface area contributed by atoms with Gasteiger partial charge in [-0.2, -0.15) is 0 Å². The number of nitrogens with two attached hydrogens (primary N) is 1. The fourth-order valence-electron chi connectivity index (χ4n) is 1.37. The zero-order valence-electron chi connectivity index (χ0n) is 8.65. The Hall–Kier alpha value is -0.0400. The third kappa shape index (κ3) is 4.41. The first-order valence-corrected chi connectivity index (χ1v) is 4.58. The van der Waals surface area contributed by atoms with Crippen LogP contribution < -0.4 is 5.73 Å². The highest BCUT2D eigenvalue weighted by atomic mass is 14.6. The lowest BCUT2D eigenvalue weighted by atomic mass is 9.76. The molecule has 0 spiro atoms. The molecule has 0 saturated heterocycles. The van der Waals surface area contributed by atoms with Gasteiger partial charge in [0.15, 0.2) is 0 Å². The van der Waals surface area contributed by atoms with Crippen LogP contribution in [0.4, 0.5) is 0 Å². The van der Waals surface area contributed by atoms with Crippen LogP contribution in [0.15, 0.2) is 0 Å². The van der Waals surface area contributed by atoms with Crippen LogP contribution in [0.2, 0.25) is 0 Å². The molecule has 1 nitrogen and oxygen atoms in total. The van der Waals surface area contributed by atoms with E-state index in [4.69, 9.17) is 5.73 Å². The van der Waals surface area contributed by atoms with E-state index in [1.165, 1.54) is 6.42 Å². The van der Waals surface area contributed by atoms with Gasteiger partial charge in [0.1, 0.15) is 0 Å². The van der Waals surface area contributed by atoms with Gasteiger partial charge in [-0.15, -0.1) is 0 Å². The summed E-state index contributed by atoms with van der Waals surface area (Å²) in [7, 11) is 0. The van der Waals surface area contributed by atoms with E-state index in [2.05, 4.69) is 34.6 Å². The van der Waals surface area contributed by atoms with Gasteiger partial charge < -0.3 is 5.73 Å². The Kier molecular flexibility index (Phi) is 4.09. The van der Waals surface area contributed by atoms with Gasteiger partial charge in [-0.25, -0.2) is 0 Å². The Labute approximate surface area is 71.4 Å². The second-order valence-electron chi connectivity index (χ2n) is 4.93. The Balaban J connectivity index is 3.96. The molecule has 0 aliphatic heterocycles.